The van der Waals surface area contributed by atoms with Crippen LogP contribution in [0, 0.1) is 0 Å². The zero-order valence-corrected chi connectivity index (χ0v) is 21.2. The van der Waals surface area contributed by atoms with E-state index in [0.717, 1.165) is 0 Å². The van der Waals surface area contributed by atoms with Crippen LogP contribution in [-0.2, 0) is 4.74 Å². The molecule has 0 saturated carbocycles. The van der Waals surface area contributed by atoms with Gasteiger partial charge in [0, 0.05) is 0 Å². The van der Waals surface area contributed by atoms with Gasteiger partial charge in [-0.15, -0.1) is 0 Å². The van der Waals surface area contributed by atoms with Crippen molar-refractivity contribution < 1.29 is 185 Å². The summed E-state index contributed by atoms with van der Waals surface area (Å²) in [5, 5.41) is 44.7. The molecule has 0 aromatic rings. The summed E-state index contributed by atoms with van der Waals surface area (Å²) >= 11 is 0. The van der Waals surface area contributed by atoms with Gasteiger partial charge in [0.25, 0.3) is 0 Å². The largest absolute Gasteiger partial charge is 1.00 e. The molecule has 82 valence electrons. The summed E-state index contributed by atoms with van der Waals surface area (Å²) in [5.74, 6) is 0. The molecule has 0 unspecified atom stereocenters. The van der Waals surface area contributed by atoms with E-state index in [0.29, 0.717) is 0 Å². The van der Waals surface area contributed by atoms with Crippen LogP contribution in [0.25, 0.3) is 0 Å². The van der Waals surface area contributed by atoms with Gasteiger partial charge >= 0.3 is 148 Å². The molecule has 17 heavy (non-hydrogen) atoms. The Morgan fingerprint density at radius 1 is 0.765 bits per heavy atom. The molecule has 5 atom stereocenters. The summed E-state index contributed by atoms with van der Waals surface area (Å²) in [6.45, 7) is -0.526. The summed E-state index contributed by atoms with van der Waals surface area (Å²) in [6, 6.07) is 0. The first-order valence-electron chi connectivity index (χ1n) is 3.56. The van der Waals surface area contributed by atoms with Crippen LogP contribution in [-0.4, -0.2) is 62.8 Å². The van der Waals surface area contributed by atoms with Crippen LogP contribution in [0.5, 0.6) is 0 Å². The van der Waals surface area contributed by atoms with Crippen molar-refractivity contribution in [3.8, 4) is 0 Å². The van der Waals surface area contributed by atoms with Crippen LogP contribution < -0.4 is 148 Å². The molecule has 0 aliphatic carbocycles. The Kier molecular flexibility index (Phi) is 33.6. The van der Waals surface area contributed by atoms with E-state index in [1.165, 1.54) is 0 Å². The van der Waals surface area contributed by atoms with Gasteiger partial charge in [-0.25, -0.2) is 0 Å². The average Bonchev–Trinajstić information content (AvgIpc) is 2.08. The van der Waals surface area contributed by atoms with Crippen LogP contribution in [0.3, 0.4) is 0 Å². The first-order valence-corrected chi connectivity index (χ1v) is 3.56. The normalized spacial score (nSPS) is 34.8. The molecule has 1 fully saturated rings. The maximum atomic E-state index is 9.12. The fourth-order valence-electron chi connectivity index (χ4n) is 1.08. The minimum atomic E-state index is -1.57. The fraction of sp³-hybridized carbons (Fsp3) is 1.00. The standard InChI is InChI=1S/C6H12O6.5Na.5H/c7-1-2-3(8)4(9)5(10)6(11)12-2;;;;;;;;;;/h2-11H,1H2;;;;;;;;;;/q;5*+1;5*-1/t2-,3+,4+,5-,6-;;;;;;;;;;/m1........../s1. The van der Waals surface area contributed by atoms with Gasteiger partial charge in [-0.1, -0.05) is 0 Å². The van der Waals surface area contributed by atoms with E-state index in [9.17, 15) is 0 Å². The van der Waals surface area contributed by atoms with Crippen LogP contribution in [0.15, 0.2) is 0 Å². The van der Waals surface area contributed by atoms with Gasteiger partial charge in [-0.05, 0) is 0 Å². The second-order valence-electron chi connectivity index (χ2n) is 2.72. The van der Waals surface area contributed by atoms with Crippen molar-refractivity contribution in [1.29, 1.82) is 0 Å². The summed E-state index contributed by atoms with van der Waals surface area (Å²) in [6.07, 6.45) is -7.04. The number of hydrogen-bond acceptors (Lipinski definition) is 6. The smallest absolute Gasteiger partial charge is 1.00 e. The number of aliphatic hydroxyl groups is 5. The fourth-order valence-corrected chi connectivity index (χ4v) is 1.08. The molecule has 0 aromatic carbocycles. The Morgan fingerprint density at radius 3 is 1.53 bits per heavy atom. The van der Waals surface area contributed by atoms with Crippen LogP contribution in [0.1, 0.15) is 7.13 Å². The number of rotatable bonds is 1. The molecule has 1 saturated heterocycles. The van der Waals surface area contributed by atoms with E-state index in [2.05, 4.69) is 4.74 Å². The molecule has 0 spiro atoms. The Balaban J connectivity index is -0.0000000180. The third-order valence-corrected chi connectivity index (χ3v) is 1.87. The van der Waals surface area contributed by atoms with Crippen LogP contribution >= 0.6 is 0 Å². The monoisotopic (exact) mass is 300 g/mol. The number of ether oxygens (including phenoxy) is 1. The Bertz CT molecular complexity index is 178. The molecular formula is C6H17Na5O6. The average molecular weight is 300 g/mol. The molecule has 11 heteroatoms. The van der Waals surface area contributed by atoms with Gasteiger partial charge in [0.2, 0.25) is 0 Å². The zero-order valence-electron chi connectivity index (χ0n) is 16.2. The topological polar surface area (TPSA) is 110 Å². The minimum Gasteiger partial charge on any atom is -1.00 e. The van der Waals surface area contributed by atoms with Gasteiger partial charge in [0.15, 0.2) is 6.29 Å². The van der Waals surface area contributed by atoms with Crippen LogP contribution in [0.4, 0.5) is 0 Å². The van der Waals surface area contributed by atoms with Crippen molar-refractivity contribution >= 4 is 0 Å². The SMILES string of the molecule is OC[C@H]1O[C@@H](O)[C@H](O)[C@@H](O)[C@H]1O.[H-].[H-].[H-].[H-].[H-].[Na+].[Na+].[Na+].[Na+].[Na+]. The number of aliphatic hydroxyl groups excluding tert-OH is 5. The molecular weight excluding hydrogens is 283 g/mol. The summed E-state index contributed by atoms with van der Waals surface area (Å²) in [7, 11) is 0. The van der Waals surface area contributed by atoms with Crippen molar-refractivity contribution in [3.05, 3.63) is 0 Å². The Hall–Kier alpha value is 4.76. The van der Waals surface area contributed by atoms with Crippen molar-refractivity contribution in [2.45, 2.75) is 30.7 Å². The maximum absolute atomic E-state index is 9.12. The molecule has 0 bridgehead atoms. The van der Waals surface area contributed by atoms with Gasteiger partial charge in [0.1, 0.15) is 24.4 Å². The molecule has 5 N–H and O–H groups in total. The molecule has 1 aliphatic heterocycles. The second-order valence-corrected chi connectivity index (χ2v) is 2.72. The quantitative estimate of drug-likeness (QED) is 0.308. The molecule has 1 rings (SSSR count). The van der Waals surface area contributed by atoms with Crippen molar-refractivity contribution in [2.24, 2.45) is 0 Å². The molecule has 0 amide bonds. The van der Waals surface area contributed by atoms with Crippen molar-refractivity contribution in [1.82, 2.24) is 0 Å². The van der Waals surface area contributed by atoms with Crippen molar-refractivity contribution in [2.75, 3.05) is 6.61 Å². The molecule has 6 nitrogen and oxygen atoms in total. The van der Waals surface area contributed by atoms with E-state index in [1.54, 1.807) is 0 Å². The summed E-state index contributed by atoms with van der Waals surface area (Å²) in [4.78, 5) is 0. The van der Waals surface area contributed by atoms with Crippen LogP contribution in [0.2, 0.25) is 0 Å². The van der Waals surface area contributed by atoms with E-state index in [1.807, 2.05) is 0 Å². The van der Waals surface area contributed by atoms with Gasteiger partial charge < -0.3 is 37.4 Å². The molecule has 1 heterocycles. The predicted molar refractivity (Wildman–Crippen MR) is 41.5 cm³/mol. The zero-order chi connectivity index (χ0) is 9.30. The molecule has 0 aromatic heterocycles. The third kappa shape index (κ3) is 10.2. The summed E-state index contributed by atoms with van der Waals surface area (Å²) in [5.41, 5.74) is 0. The van der Waals surface area contributed by atoms with E-state index in [-0.39, 0.29) is 155 Å². The first kappa shape index (κ1) is 33.4. The molecule has 0 radical (unpaired) electrons. The summed E-state index contributed by atoms with van der Waals surface area (Å²) < 4.78 is 4.58. The third-order valence-electron chi connectivity index (χ3n) is 1.87. The van der Waals surface area contributed by atoms with Gasteiger partial charge in [0.05, 0.1) is 6.61 Å². The predicted octanol–water partition coefficient (Wildman–Crippen LogP) is -17.6. The van der Waals surface area contributed by atoms with Crippen molar-refractivity contribution in [3.63, 3.8) is 0 Å². The Labute approximate surface area is 218 Å². The van der Waals surface area contributed by atoms with E-state index < -0.39 is 37.3 Å². The Morgan fingerprint density at radius 2 is 1.18 bits per heavy atom. The first-order chi connectivity index (χ1) is 5.57. The maximum Gasteiger partial charge on any atom is 1.00 e. The second kappa shape index (κ2) is 17.1. The van der Waals surface area contributed by atoms with Gasteiger partial charge in [-0.2, -0.15) is 0 Å². The molecule has 1 aliphatic rings. The van der Waals surface area contributed by atoms with Gasteiger partial charge in [-0.3, -0.25) is 0 Å². The van der Waals surface area contributed by atoms with E-state index >= 15 is 0 Å². The minimum absolute atomic E-state index is 0. The number of hydrogen-bond donors (Lipinski definition) is 5. The van der Waals surface area contributed by atoms with E-state index in [4.69, 9.17) is 25.5 Å².